The highest BCUT2D eigenvalue weighted by atomic mass is 15.3. The Labute approximate surface area is 87.5 Å². The summed E-state index contributed by atoms with van der Waals surface area (Å²) in [6.45, 7) is 2.01. The van der Waals surface area contributed by atoms with Crippen LogP contribution in [-0.4, -0.2) is 25.0 Å². The van der Waals surface area contributed by atoms with Gasteiger partial charge in [0.15, 0.2) is 5.82 Å². The molecule has 0 fully saturated rings. The van der Waals surface area contributed by atoms with Crippen LogP contribution in [0.5, 0.6) is 0 Å². The average molecular weight is 206 g/mol. The van der Waals surface area contributed by atoms with Crippen molar-refractivity contribution in [2.45, 2.75) is 19.4 Å². The zero-order chi connectivity index (χ0) is 10.8. The largest absolute Gasteiger partial charge is 0.317 e. The van der Waals surface area contributed by atoms with E-state index in [0.717, 1.165) is 17.8 Å². The lowest BCUT2D eigenvalue weighted by atomic mass is 10.2. The third-order valence-corrected chi connectivity index (χ3v) is 2.25. The molecular weight excluding hydrogens is 192 g/mol. The molecule has 0 saturated carbocycles. The van der Waals surface area contributed by atoms with Gasteiger partial charge in [-0.05, 0) is 0 Å². The Bertz CT molecular complexity index is 443. The van der Waals surface area contributed by atoms with Crippen molar-refractivity contribution in [2.24, 2.45) is 12.8 Å². The van der Waals surface area contributed by atoms with E-state index in [-0.39, 0.29) is 6.04 Å². The molecule has 2 aromatic rings. The number of rotatable bonds is 3. The summed E-state index contributed by atoms with van der Waals surface area (Å²) in [5, 5.41) is 11.0. The van der Waals surface area contributed by atoms with Crippen molar-refractivity contribution in [3.63, 3.8) is 0 Å². The van der Waals surface area contributed by atoms with Crippen molar-refractivity contribution in [1.82, 2.24) is 25.0 Å². The molecule has 2 rings (SSSR count). The van der Waals surface area contributed by atoms with Crippen molar-refractivity contribution in [3.05, 3.63) is 29.6 Å². The van der Waals surface area contributed by atoms with E-state index in [0.29, 0.717) is 5.82 Å². The third kappa shape index (κ3) is 1.89. The second-order valence-corrected chi connectivity index (χ2v) is 3.42. The number of aryl methyl sites for hydroxylation is 2. The topological polar surface area (TPSA) is 85.4 Å². The maximum atomic E-state index is 6.00. The number of hydrogen-bond acceptors (Lipinski definition) is 4. The lowest BCUT2D eigenvalue weighted by Gasteiger charge is -2.02. The van der Waals surface area contributed by atoms with Crippen LogP contribution in [0.4, 0.5) is 0 Å². The van der Waals surface area contributed by atoms with Crippen LogP contribution in [0, 0.1) is 0 Å². The molecule has 0 aromatic carbocycles. The van der Waals surface area contributed by atoms with Crippen LogP contribution in [0.3, 0.4) is 0 Å². The number of nitrogens with two attached hydrogens (primary N) is 1. The molecule has 3 N–H and O–H groups in total. The second-order valence-electron chi connectivity index (χ2n) is 3.42. The molecule has 0 aliphatic carbocycles. The Balaban J connectivity index is 2.23. The van der Waals surface area contributed by atoms with Crippen LogP contribution in [-0.2, 0) is 13.5 Å². The highest BCUT2D eigenvalue weighted by molar-refractivity contribution is 5.18. The van der Waals surface area contributed by atoms with Gasteiger partial charge in [-0.2, -0.15) is 10.2 Å². The molecule has 0 saturated heterocycles. The van der Waals surface area contributed by atoms with Crippen molar-refractivity contribution < 1.29 is 0 Å². The van der Waals surface area contributed by atoms with Gasteiger partial charge in [0.25, 0.3) is 0 Å². The van der Waals surface area contributed by atoms with E-state index in [9.17, 15) is 0 Å². The maximum Gasteiger partial charge on any atom is 0.171 e. The highest BCUT2D eigenvalue weighted by Crippen LogP contribution is 2.14. The first-order chi connectivity index (χ1) is 7.20. The summed E-state index contributed by atoms with van der Waals surface area (Å²) in [6.07, 6.45) is 4.42. The zero-order valence-corrected chi connectivity index (χ0v) is 8.81. The van der Waals surface area contributed by atoms with Gasteiger partial charge in [0, 0.05) is 25.2 Å². The Morgan fingerprint density at radius 3 is 2.93 bits per heavy atom. The molecule has 0 bridgehead atoms. The van der Waals surface area contributed by atoms with Gasteiger partial charge in [-0.3, -0.25) is 9.78 Å². The Hall–Kier alpha value is -1.69. The summed E-state index contributed by atoms with van der Waals surface area (Å²) < 4.78 is 1.71. The van der Waals surface area contributed by atoms with Crippen LogP contribution in [0.2, 0.25) is 0 Å². The van der Waals surface area contributed by atoms with Gasteiger partial charge in [0.1, 0.15) is 5.82 Å². The maximum absolute atomic E-state index is 6.00. The van der Waals surface area contributed by atoms with Gasteiger partial charge in [-0.25, -0.2) is 4.98 Å². The predicted molar refractivity (Wildman–Crippen MR) is 55.0 cm³/mol. The highest BCUT2D eigenvalue weighted by Gasteiger charge is 2.15. The van der Waals surface area contributed by atoms with E-state index in [1.165, 1.54) is 0 Å². The van der Waals surface area contributed by atoms with E-state index < -0.39 is 0 Å². The Kier molecular flexibility index (Phi) is 2.51. The SMILES string of the molecule is CCc1nc(C(N)c2cnn(C)c2)n[nH]1. The van der Waals surface area contributed by atoms with Crippen molar-refractivity contribution in [2.75, 3.05) is 0 Å². The molecule has 0 aliphatic rings. The van der Waals surface area contributed by atoms with Gasteiger partial charge in [0.2, 0.25) is 0 Å². The zero-order valence-electron chi connectivity index (χ0n) is 8.81. The summed E-state index contributed by atoms with van der Waals surface area (Å²) in [5.74, 6) is 1.46. The van der Waals surface area contributed by atoms with Crippen LogP contribution < -0.4 is 5.73 Å². The lowest BCUT2D eigenvalue weighted by molar-refractivity contribution is 0.759. The first kappa shape index (κ1) is 9.85. The van der Waals surface area contributed by atoms with Gasteiger partial charge in [-0.15, -0.1) is 0 Å². The monoisotopic (exact) mass is 206 g/mol. The molecular formula is C9H14N6. The van der Waals surface area contributed by atoms with Gasteiger partial charge < -0.3 is 5.73 Å². The normalized spacial score (nSPS) is 13.0. The number of nitrogens with zero attached hydrogens (tertiary/aromatic N) is 4. The number of nitrogens with one attached hydrogen (secondary N) is 1. The van der Waals surface area contributed by atoms with Crippen LogP contribution in [0.25, 0.3) is 0 Å². The molecule has 80 valence electrons. The van der Waals surface area contributed by atoms with Crippen LogP contribution in [0.1, 0.15) is 30.2 Å². The van der Waals surface area contributed by atoms with E-state index >= 15 is 0 Å². The molecule has 0 spiro atoms. The molecule has 2 heterocycles. The Morgan fingerprint density at radius 1 is 1.60 bits per heavy atom. The molecule has 6 heteroatoms. The fourth-order valence-corrected chi connectivity index (χ4v) is 1.36. The van der Waals surface area contributed by atoms with Crippen LogP contribution >= 0.6 is 0 Å². The summed E-state index contributed by atoms with van der Waals surface area (Å²) in [4.78, 5) is 4.29. The van der Waals surface area contributed by atoms with Gasteiger partial charge in [0.05, 0.1) is 12.2 Å². The van der Waals surface area contributed by atoms with Crippen molar-refractivity contribution in [3.8, 4) is 0 Å². The van der Waals surface area contributed by atoms with Crippen LogP contribution in [0.15, 0.2) is 12.4 Å². The van der Waals surface area contributed by atoms with Gasteiger partial charge >= 0.3 is 0 Å². The predicted octanol–water partition coefficient (Wildman–Crippen LogP) is 0.149. The molecule has 6 nitrogen and oxygen atoms in total. The minimum absolute atomic E-state index is 0.310. The summed E-state index contributed by atoms with van der Waals surface area (Å²) in [5.41, 5.74) is 6.92. The number of aromatic amines is 1. The molecule has 1 unspecified atom stereocenters. The van der Waals surface area contributed by atoms with E-state index in [1.54, 1.807) is 10.9 Å². The fourth-order valence-electron chi connectivity index (χ4n) is 1.36. The van der Waals surface area contributed by atoms with Gasteiger partial charge in [-0.1, -0.05) is 6.92 Å². The van der Waals surface area contributed by atoms with E-state index in [4.69, 9.17) is 5.73 Å². The molecule has 0 aliphatic heterocycles. The summed E-state index contributed by atoms with van der Waals surface area (Å²) >= 11 is 0. The van der Waals surface area contributed by atoms with Crippen molar-refractivity contribution >= 4 is 0 Å². The Morgan fingerprint density at radius 2 is 2.40 bits per heavy atom. The second kappa shape index (κ2) is 3.82. The summed E-state index contributed by atoms with van der Waals surface area (Å²) in [6, 6.07) is -0.310. The smallest absolute Gasteiger partial charge is 0.171 e. The molecule has 0 amide bonds. The average Bonchev–Trinajstić information content (AvgIpc) is 2.84. The fraction of sp³-hybridized carbons (Fsp3) is 0.444. The first-order valence-electron chi connectivity index (χ1n) is 4.86. The molecule has 1 atom stereocenters. The summed E-state index contributed by atoms with van der Waals surface area (Å²) in [7, 11) is 1.85. The van der Waals surface area contributed by atoms with Crippen molar-refractivity contribution in [1.29, 1.82) is 0 Å². The minimum atomic E-state index is -0.310. The lowest BCUT2D eigenvalue weighted by Crippen LogP contribution is -2.13. The minimum Gasteiger partial charge on any atom is -0.317 e. The number of aromatic nitrogens is 5. The van der Waals surface area contributed by atoms with E-state index in [1.807, 2.05) is 20.2 Å². The quantitative estimate of drug-likeness (QED) is 0.748. The third-order valence-electron chi connectivity index (χ3n) is 2.25. The standard InChI is InChI=1S/C9H14N6/c1-3-7-12-9(14-13-7)8(10)6-4-11-15(2)5-6/h4-5,8H,3,10H2,1-2H3,(H,12,13,14). The van der Waals surface area contributed by atoms with E-state index in [2.05, 4.69) is 20.3 Å². The molecule has 0 radical (unpaired) electrons. The number of H-pyrrole nitrogens is 1. The first-order valence-corrected chi connectivity index (χ1v) is 4.86. The number of hydrogen-bond donors (Lipinski definition) is 2. The molecule has 15 heavy (non-hydrogen) atoms. The molecule has 2 aromatic heterocycles.